The number of carbonyl (C=O) groups excluding carboxylic acids is 2. The molecule has 3 rings (SSSR count). The van der Waals surface area contributed by atoms with Crippen LogP contribution in [-0.4, -0.2) is 60.1 Å². The van der Waals surface area contributed by atoms with Crippen molar-refractivity contribution in [2.45, 2.75) is 18.2 Å². The van der Waals surface area contributed by atoms with Gasteiger partial charge in [0.15, 0.2) is 0 Å². The first-order chi connectivity index (χ1) is 14.6. The van der Waals surface area contributed by atoms with Gasteiger partial charge in [0.1, 0.15) is 0 Å². The van der Waals surface area contributed by atoms with Gasteiger partial charge in [0.25, 0.3) is 0 Å². The first kappa shape index (κ1) is 21.9. The second-order valence-corrected chi connectivity index (χ2v) is 8.27. The fraction of sp³-hybridized carbons (Fsp3) is 0.348. The number of piperazine rings is 1. The van der Waals surface area contributed by atoms with E-state index < -0.39 is 0 Å². The van der Waals surface area contributed by atoms with Crippen molar-refractivity contribution in [1.29, 1.82) is 5.26 Å². The molecule has 0 unspecified atom stereocenters. The van der Waals surface area contributed by atoms with Crippen LogP contribution in [0.1, 0.15) is 11.1 Å². The number of aryl methyl sites for hydroxylation is 1. The van der Waals surface area contributed by atoms with Crippen molar-refractivity contribution in [2.24, 2.45) is 0 Å². The zero-order valence-corrected chi connectivity index (χ0v) is 18.0. The summed E-state index contributed by atoms with van der Waals surface area (Å²) in [6.07, 6.45) is 0.421. The lowest BCUT2D eigenvalue weighted by molar-refractivity contribution is -0.132. The molecule has 2 aromatic rings. The predicted octanol–water partition coefficient (Wildman–Crippen LogP) is 2.94. The fourth-order valence-corrected chi connectivity index (χ4v) is 4.11. The number of nitrogens with zero attached hydrogens (tertiary/aromatic N) is 3. The van der Waals surface area contributed by atoms with Gasteiger partial charge in [-0.2, -0.15) is 5.26 Å². The van der Waals surface area contributed by atoms with E-state index in [2.05, 4.69) is 16.3 Å². The first-order valence-electron chi connectivity index (χ1n) is 10.00. The monoisotopic (exact) mass is 422 g/mol. The molecule has 0 saturated carbocycles. The third-order valence-corrected chi connectivity index (χ3v) is 6.09. The van der Waals surface area contributed by atoms with E-state index in [1.807, 2.05) is 60.4 Å². The van der Waals surface area contributed by atoms with Gasteiger partial charge in [-0.1, -0.05) is 36.4 Å². The van der Waals surface area contributed by atoms with E-state index in [0.717, 1.165) is 21.7 Å². The van der Waals surface area contributed by atoms with Crippen molar-refractivity contribution in [3.63, 3.8) is 0 Å². The van der Waals surface area contributed by atoms with Crippen LogP contribution in [0, 0.1) is 18.3 Å². The number of amides is 2. The van der Waals surface area contributed by atoms with Crippen molar-refractivity contribution in [3.8, 4) is 6.07 Å². The lowest BCUT2D eigenvalue weighted by Gasteiger charge is -2.34. The van der Waals surface area contributed by atoms with Crippen molar-refractivity contribution in [2.75, 3.05) is 43.8 Å². The normalized spacial score (nSPS) is 14.2. The summed E-state index contributed by atoms with van der Waals surface area (Å²) >= 11 is 1.41. The summed E-state index contributed by atoms with van der Waals surface area (Å²) in [6.45, 7) is 4.93. The van der Waals surface area contributed by atoms with Crippen LogP contribution in [-0.2, 0) is 16.0 Å². The number of anilines is 1. The van der Waals surface area contributed by atoms with Gasteiger partial charge in [-0.05, 0) is 30.2 Å². The maximum absolute atomic E-state index is 12.6. The van der Waals surface area contributed by atoms with Crippen LogP contribution in [0.5, 0.6) is 0 Å². The molecule has 0 aromatic heterocycles. The number of hydrogen-bond acceptors (Lipinski definition) is 5. The Morgan fingerprint density at radius 1 is 1.07 bits per heavy atom. The van der Waals surface area contributed by atoms with E-state index in [-0.39, 0.29) is 18.4 Å². The standard InChI is InChI=1S/C23H26N4O2S/c1-18-6-2-3-7-19(18)16-23(29)27-13-11-26(12-14-27)17-22(28)25-20-8-4-5-9-21(20)30-15-10-24/h2-9H,11-17H2,1H3,(H,25,28). The molecule has 7 heteroatoms. The molecular weight excluding hydrogens is 396 g/mol. The highest BCUT2D eigenvalue weighted by Crippen LogP contribution is 2.26. The lowest BCUT2D eigenvalue weighted by Crippen LogP contribution is -2.50. The van der Waals surface area contributed by atoms with Crippen molar-refractivity contribution >= 4 is 29.3 Å². The van der Waals surface area contributed by atoms with Gasteiger partial charge in [0.2, 0.25) is 11.8 Å². The second kappa shape index (κ2) is 10.8. The number of nitriles is 1. The van der Waals surface area contributed by atoms with E-state index in [4.69, 9.17) is 5.26 Å². The Hall–Kier alpha value is -2.82. The number of hydrogen-bond donors (Lipinski definition) is 1. The maximum atomic E-state index is 12.6. The highest BCUT2D eigenvalue weighted by atomic mass is 32.2. The highest BCUT2D eigenvalue weighted by molar-refractivity contribution is 7.99. The Balaban J connectivity index is 1.47. The van der Waals surface area contributed by atoms with Crippen LogP contribution in [0.4, 0.5) is 5.69 Å². The van der Waals surface area contributed by atoms with Crippen LogP contribution in [0.15, 0.2) is 53.4 Å². The van der Waals surface area contributed by atoms with Gasteiger partial charge in [-0.25, -0.2) is 0 Å². The van der Waals surface area contributed by atoms with Gasteiger partial charge < -0.3 is 10.2 Å². The summed E-state index contributed by atoms with van der Waals surface area (Å²) in [4.78, 5) is 29.9. The van der Waals surface area contributed by atoms with E-state index >= 15 is 0 Å². The molecule has 1 N–H and O–H groups in total. The molecule has 30 heavy (non-hydrogen) atoms. The van der Waals surface area contributed by atoms with E-state index in [1.54, 1.807) is 0 Å². The fourth-order valence-electron chi connectivity index (χ4n) is 3.44. The van der Waals surface area contributed by atoms with Gasteiger partial charge in [0.05, 0.1) is 30.5 Å². The van der Waals surface area contributed by atoms with Crippen LogP contribution in [0.3, 0.4) is 0 Å². The largest absolute Gasteiger partial charge is 0.340 e. The molecular formula is C23H26N4O2S. The SMILES string of the molecule is Cc1ccccc1CC(=O)N1CCN(CC(=O)Nc2ccccc2SCC#N)CC1. The molecule has 1 aliphatic heterocycles. The Bertz CT molecular complexity index is 933. The Morgan fingerprint density at radius 2 is 1.77 bits per heavy atom. The first-order valence-corrected chi connectivity index (χ1v) is 11.0. The topological polar surface area (TPSA) is 76.4 Å². The van der Waals surface area contributed by atoms with Crippen LogP contribution in [0.2, 0.25) is 0 Å². The van der Waals surface area contributed by atoms with Crippen molar-refractivity contribution in [3.05, 3.63) is 59.7 Å². The zero-order valence-electron chi connectivity index (χ0n) is 17.1. The average molecular weight is 423 g/mol. The number of thioether (sulfide) groups is 1. The second-order valence-electron chi connectivity index (χ2n) is 7.25. The minimum absolute atomic E-state index is 0.0836. The van der Waals surface area contributed by atoms with Crippen molar-refractivity contribution < 1.29 is 9.59 Å². The summed E-state index contributed by atoms with van der Waals surface area (Å²) in [7, 11) is 0. The third-order valence-electron chi connectivity index (χ3n) is 5.15. The minimum atomic E-state index is -0.0836. The van der Waals surface area contributed by atoms with E-state index in [9.17, 15) is 9.59 Å². The van der Waals surface area contributed by atoms with Gasteiger partial charge >= 0.3 is 0 Å². The number of rotatable bonds is 7. The Kier molecular flexibility index (Phi) is 7.89. The summed E-state index contributed by atoms with van der Waals surface area (Å²) in [5, 5.41) is 11.7. The number of para-hydroxylation sites is 1. The molecule has 0 atom stereocenters. The molecule has 1 saturated heterocycles. The number of carbonyl (C=O) groups is 2. The van der Waals surface area contributed by atoms with Crippen LogP contribution >= 0.6 is 11.8 Å². The summed E-state index contributed by atoms with van der Waals surface area (Å²) in [6, 6.07) is 17.6. The van der Waals surface area contributed by atoms with Crippen LogP contribution < -0.4 is 5.32 Å². The van der Waals surface area contributed by atoms with E-state index in [0.29, 0.717) is 38.4 Å². The molecule has 6 nitrogen and oxygen atoms in total. The smallest absolute Gasteiger partial charge is 0.238 e. The lowest BCUT2D eigenvalue weighted by atomic mass is 10.1. The minimum Gasteiger partial charge on any atom is -0.340 e. The highest BCUT2D eigenvalue weighted by Gasteiger charge is 2.23. The predicted molar refractivity (Wildman–Crippen MR) is 119 cm³/mol. The molecule has 0 bridgehead atoms. The molecule has 0 radical (unpaired) electrons. The van der Waals surface area contributed by atoms with Crippen molar-refractivity contribution in [1.82, 2.24) is 9.80 Å². The summed E-state index contributed by atoms with van der Waals surface area (Å²) in [5.41, 5.74) is 2.93. The quantitative estimate of drug-likeness (QED) is 0.695. The van der Waals surface area contributed by atoms with Gasteiger partial charge in [0, 0.05) is 31.1 Å². The molecule has 1 aliphatic rings. The Labute approximate surface area is 181 Å². The summed E-state index contributed by atoms with van der Waals surface area (Å²) in [5.74, 6) is 0.391. The molecule has 2 aromatic carbocycles. The molecule has 1 heterocycles. The molecule has 0 aliphatic carbocycles. The maximum Gasteiger partial charge on any atom is 0.238 e. The zero-order chi connectivity index (χ0) is 21.3. The van der Waals surface area contributed by atoms with Crippen LogP contribution in [0.25, 0.3) is 0 Å². The average Bonchev–Trinajstić information content (AvgIpc) is 2.75. The number of nitrogens with one attached hydrogen (secondary N) is 1. The third kappa shape index (κ3) is 6.09. The van der Waals surface area contributed by atoms with Gasteiger partial charge in [-0.15, -0.1) is 11.8 Å². The molecule has 2 amide bonds. The Morgan fingerprint density at radius 3 is 2.50 bits per heavy atom. The van der Waals surface area contributed by atoms with E-state index in [1.165, 1.54) is 11.8 Å². The molecule has 0 spiro atoms. The molecule has 1 fully saturated rings. The van der Waals surface area contributed by atoms with Gasteiger partial charge in [-0.3, -0.25) is 14.5 Å². The summed E-state index contributed by atoms with van der Waals surface area (Å²) < 4.78 is 0. The molecule has 156 valence electrons. The number of benzene rings is 2.